The molecule has 0 aliphatic rings. The van der Waals surface area contributed by atoms with Gasteiger partial charge in [0.05, 0.1) is 0 Å². The SMILES string of the molecule is CCCCC[B-](CCCCC)CCCCC.[Na+]. The summed E-state index contributed by atoms with van der Waals surface area (Å²) in [6, 6.07) is 0. The summed E-state index contributed by atoms with van der Waals surface area (Å²) in [4.78, 5) is 0. The molecule has 0 amide bonds. The molecule has 0 atom stereocenters. The molecule has 2 heteroatoms. The van der Waals surface area contributed by atoms with Gasteiger partial charge in [0.1, 0.15) is 0 Å². The summed E-state index contributed by atoms with van der Waals surface area (Å²) in [5, 5.41) is 0. The average Bonchev–Trinajstić information content (AvgIpc) is 2.29. The molecule has 0 unspecified atom stereocenters. The second-order valence-electron chi connectivity index (χ2n) is 5.35. The van der Waals surface area contributed by atoms with E-state index in [0.717, 1.165) is 6.71 Å². The van der Waals surface area contributed by atoms with Crippen LogP contribution in [-0.4, -0.2) is 6.71 Å². The molecule has 0 fully saturated rings. The first kappa shape index (κ1) is 20.4. The van der Waals surface area contributed by atoms with Crippen molar-refractivity contribution in [3.05, 3.63) is 0 Å². The zero-order valence-corrected chi connectivity index (χ0v) is 15.1. The molecule has 1 radical (unpaired) electrons. The molecule has 0 aliphatic heterocycles. The largest absolute Gasteiger partial charge is 1.00 e. The van der Waals surface area contributed by atoms with Crippen molar-refractivity contribution < 1.29 is 29.6 Å². The van der Waals surface area contributed by atoms with Gasteiger partial charge in [-0.2, -0.15) is 0 Å². The third-order valence-corrected chi connectivity index (χ3v) is 3.65. The Morgan fingerprint density at radius 3 is 1.06 bits per heavy atom. The van der Waals surface area contributed by atoms with Crippen molar-refractivity contribution in [3.8, 4) is 0 Å². The Balaban J connectivity index is 0. The molecular formula is C15H33BNa. The van der Waals surface area contributed by atoms with Gasteiger partial charge in [0.25, 0.3) is 0 Å². The van der Waals surface area contributed by atoms with E-state index in [1.54, 1.807) is 0 Å². The van der Waals surface area contributed by atoms with Gasteiger partial charge in [-0.15, -0.1) is 6.71 Å². The van der Waals surface area contributed by atoms with E-state index in [1.165, 1.54) is 76.7 Å². The van der Waals surface area contributed by atoms with Crippen molar-refractivity contribution in [2.75, 3.05) is 0 Å². The van der Waals surface area contributed by atoms with Crippen LogP contribution in [0.15, 0.2) is 0 Å². The molecule has 0 saturated carbocycles. The Morgan fingerprint density at radius 2 is 0.824 bits per heavy atom. The monoisotopic (exact) mass is 247 g/mol. The molecular weight excluding hydrogens is 214 g/mol. The number of rotatable bonds is 12. The van der Waals surface area contributed by atoms with Crippen molar-refractivity contribution >= 4 is 6.71 Å². The van der Waals surface area contributed by atoms with Crippen LogP contribution in [0.5, 0.6) is 0 Å². The fraction of sp³-hybridized carbons (Fsp3) is 1.00. The van der Waals surface area contributed by atoms with Crippen LogP contribution in [-0.2, 0) is 0 Å². The summed E-state index contributed by atoms with van der Waals surface area (Å²) < 4.78 is 0. The molecule has 0 aromatic carbocycles. The summed E-state index contributed by atoms with van der Waals surface area (Å²) >= 11 is 0. The first-order chi connectivity index (χ1) is 7.85. The third kappa shape index (κ3) is 15.0. The first-order valence-electron chi connectivity index (χ1n) is 7.85. The van der Waals surface area contributed by atoms with Crippen LogP contribution in [0.2, 0.25) is 19.0 Å². The molecule has 0 bridgehead atoms. The van der Waals surface area contributed by atoms with Gasteiger partial charge in [-0.1, -0.05) is 78.6 Å². The van der Waals surface area contributed by atoms with Crippen LogP contribution in [0.3, 0.4) is 0 Å². The molecule has 0 rings (SSSR count). The molecule has 0 aromatic heterocycles. The molecule has 17 heavy (non-hydrogen) atoms. The summed E-state index contributed by atoms with van der Waals surface area (Å²) in [5.41, 5.74) is 0. The molecule has 0 aromatic rings. The quantitative estimate of drug-likeness (QED) is 0.367. The third-order valence-electron chi connectivity index (χ3n) is 3.65. The summed E-state index contributed by atoms with van der Waals surface area (Å²) in [6.07, 6.45) is 17.4. The van der Waals surface area contributed by atoms with Gasteiger partial charge >= 0.3 is 29.6 Å². The number of hydrogen-bond donors (Lipinski definition) is 0. The zero-order valence-electron chi connectivity index (χ0n) is 13.1. The summed E-state index contributed by atoms with van der Waals surface area (Å²) in [5.74, 6) is 0. The van der Waals surface area contributed by atoms with Gasteiger partial charge in [0, 0.05) is 0 Å². The van der Waals surface area contributed by atoms with Gasteiger partial charge in [0.2, 0.25) is 0 Å². The van der Waals surface area contributed by atoms with E-state index in [4.69, 9.17) is 0 Å². The molecule has 0 aliphatic carbocycles. The normalized spacial score (nSPS) is 10.6. The van der Waals surface area contributed by atoms with Crippen LogP contribution >= 0.6 is 0 Å². The van der Waals surface area contributed by atoms with Crippen LogP contribution < -0.4 is 29.6 Å². The van der Waals surface area contributed by atoms with Crippen LogP contribution in [0, 0.1) is 0 Å². The maximum absolute atomic E-state index is 2.31. The molecule has 0 saturated heterocycles. The topological polar surface area (TPSA) is 0 Å². The fourth-order valence-electron chi connectivity index (χ4n) is 2.48. The van der Waals surface area contributed by atoms with E-state index in [1.807, 2.05) is 0 Å². The van der Waals surface area contributed by atoms with Gasteiger partial charge < -0.3 is 0 Å². The van der Waals surface area contributed by atoms with E-state index in [-0.39, 0.29) is 29.6 Å². The van der Waals surface area contributed by atoms with E-state index in [0.29, 0.717) is 0 Å². The minimum atomic E-state index is 0. The second kappa shape index (κ2) is 17.1. The zero-order chi connectivity index (χ0) is 12.1. The van der Waals surface area contributed by atoms with Crippen molar-refractivity contribution in [2.45, 2.75) is 97.5 Å². The van der Waals surface area contributed by atoms with Crippen molar-refractivity contribution in [1.82, 2.24) is 0 Å². The molecule has 97 valence electrons. The van der Waals surface area contributed by atoms with Crippen LogP contribution in [0.1, 0.15) is 78.6 Å². The standard InChI is InChI=1S/C15H33B.Na/c1-4-7-10-13-16(14-11-8-5-2)15-12-9-6-3;/h4-15H2,1-3H3;/q-1;+1. The predicted molar refractivity (Wildman–Crippen MR) is 78.8 cm³/mol. The van der Waals surface area contributed by atoms with Crippen molar-refractivity contribution in [2.24, 2.45) is 0 Å². The van der Waals surface area contributed by atoms with E-state index >= 15 is 0 Å². The average molecular weight is 247 g/mol. The van der Waals surface area contributed by atoms with Gasteiger partial charge in [-0.3, -0.25) is 0 Å². The maximum Gasteiger partial charge on any atom is 1.00 e. The maximum atomic E-state index is 2.31. The fourth-order valence-corrected chi connectivity index (χ4v) is 2.48. The molecule has 0 N–H and O–H groups in total. The minimum Gasteiger partial charge on any atom is -0.208 e. The Morgan fingerprint density at radius 1 is 0.529 bits per heavy atom. The van der Waals surface area contributed by atoms with Crippen molar-refractivity contribution in [1.29, 1.82) is 0 Å². The van der Waals surface area contributed by atoms with Crippen LogP contribution in [0.25, 0.3) is 0 Å². The van der Waals surface area contributed by atoms with Crippen LogP contribution in [0.4, 0.5) is 0 Å². The summed E-state index contributed by atoms with van der Waals surface area (Å²) in [6.45, 7) is 7.97. The van der Waals surface area contributed by atoms with E-state index in [9.17, 15) is 0 Å². The van der Waals surface area contributed by atoms with Gasteiger partial charge in [0.15, 0.2) is 0 Å². The van der Waals surface area contributed by atoms with Crippen molar-refractivity contribution in [3.63, 3.8) is 0 Å². The smallest absolute Gasteiger partial charge is 0.208 e. The summed E-state index contributed by atoms with van der Waals surface area (Å²) in [7, 11) is 0. The Labute approximate surface area is 133 Å². The number of hydrogen-bond acceptors (Lipinski definition) is 0. The number of unbranched alkanes of at least 4 members (excludes halogenated alkanes) is 6. The minimum absolute atomic E-state index is 0. The van der Waals surface area contributed by atoms with E-state index in [2.05, 4.69) is 20.8 Å². The Kier molecular flexibility index (Phi) is 20.5. The first-order valence-corrected chi connectivity index (χ1v) is 7.85. The molecule has 0 spiro atoms. The van der Waals surface area contributed by atoms with E-state index < -0.39 is 0 Å². The Hall–Kier alpha value is 1.06. The molecule has 0 heterocycles. The predicted octanol–water partition coefficient (Wildman–Crippen LogP) is 3.06. The van der Waals surface area contributed by atoms with Gasteiger partial charge in [-0.25, -0.2) is 19.0 Å². The van der Waals surface area contributed by atoms with Gasteiger partial charge in [-0.05, 0) is 0 Å². The molecule has 0 nitrogen and oxygen atoms in total. The Bertz CT molecular complexity index is 104. The second-order valence-corrected chi connectivity index (χ2v) is 5.35.